The predicted octanol–water partition coefficient (Wildman–Crippen LogP) is 4.51. The fourth-order valence-corrected chi connectivity index (χ4v) is 3.69. The van der Waals surface area contributed by atoms with Gasteiger partial charge in [-0.3, -0.25) is 0 Å². The third kappa shape index (κ3) is 2.90. The Hall–Kier alpha value is -0.940. The Balaban J connectivity index is 2.11. The quantitative estimate of drug-likeness (QED) is 0.895. The van der Waals surface area contributed by atoms with Gasteiger partial charge in [-0.25, -0.2) is 4.98 Å². The van der Waals surface area contributed by atoms with Gasteiger partial charge in [-0.2, -0.15) is 4.37 Å². The Bertz CT molecular complexity index is 528. The number of aryl methyl sites for hydroxylation is 2. The van der Waals surface area contributed by atoms with Gasteiger partial charge in [-0.1, -0.05) is 13.8 Å². The van der Waals surface area contributed by atoms with E-state index in [4.69, 9.17) is 0 Å². The predicted molar refractivity (Wildman–Crippen MR) is 79.8 cm³/mol. The molecular formula is C13H19N3S2. The topological polar surface area (TPSA) is 37.8 Å². The molecule has 2 rings (SSSR count). The number of thiophene rings is 1. The molecule has 1 N–H and O–H groups in total. The highest BCUT2D eigenvalue weighted by Crippen LogP contribution is 2.29. The van der Waals surface area contributed by atoms with Crippen molar-refractivity contribution in [3.8, 4) is 0 Å². The first-order valence-corrected chi connectivity index (χ1v) is 7.73. The second-order valence-corrected chi connectivity index (χ2v) is 7.06. The van der Waals surface area contributed by atoms with Crippen molar-refractivity contribution in [2.75, 3.05) is 5.32 Å². The minimum atomic E-state index is 0.280. The molecule has 1 unspecified atom stereocenters. The van der Waals surface area contributed by atoms with Crippen LogP contribution in [-0.4, -0.2) is 9.36 Å². The van der Waals surface area contributed by atoms with Crippen LogP contribution in [0.15, 0.2) is 6.07 Å². The van der Waals surface area contributed by atoms with Gasteiger partial charge in [0.2, 0.25) is 5.13 Å². The standard InChI is InChI=1S/C13H19N3S2/c1-7(2)12-15-13(18-16-12)14-9(4)11-6-8(3)17-10(11)5/h6-7,9H,1-5H3,(H,14,15,16). The minimum Gasteiger partial charge on any atom is -0.354 e. The second kappa shape index (κ2) is 5.36. The summed E-state index contributed by atoms with van der Waals surface area (Å²) in [7, 11) is 0. The molecule has 0 amide bonds. The first-order chi connectivity index (χ1) is 8.47. The van der Waals surface area contributed by atoms with E-state index in [1.165, 1.54) is 26.9 Å². The van der Waals surface area contributed by atoms with Gasteiger partial charge in [0.05, 0.1) is 6.04 Å². The monoisotopic (exact) mass is 281 g/mol. The van der Waals surface area contributed by atoms with E-state index in [1.54, 1.807) is 0 Å². The Kier molecular flexibility index (Phi) is 4.02. The van der Waals surface area contributed by atoms with Crippen LogP contribution < -0.4 is 5.32 Å². The summed E-state index contributed by atoms with van der Waals surface area (Å²) in [6, 6.07) is 2.53. The zero-order valence-electron chi connectivity index (χ0n) is 11.4. The van der Waals surface area contributed by atoms with Crippen LogP contribution in [0.4, 0.5) is 5.13 Å². The van der Waals surface area contributed by atoms with Gasteiger partial charge in [-0.15, -0.1) is 11.3 Å². The van der Waals surface area contributed by atoms with Crippen LogP contribution >= 0.6 is 22.9 Å². The largest absolute Gasteiger partial charge is 0.354 e. The molecule has 2 aromatic heterocycles. The van der Waals surface area contributed by atoms with E-state index in [2.05, 4.69) is 55.4 Å². The number of aromatic nitrogens is 2. The molecule has 2 aromatic rings. The van der Waals surface area contributed by atoms with Crippen LogP contribution in [0.2, 0.25) is 0 Å². The summed E-state index contributed by atoms with van der Waals surface area (Å²) in [5.41, 5.74) is 1.36. The van der Waals surface area contributed by atoms with Gasteiger partial charge in [0.25, 0.3) is 0 Å². The van der Waals surface area contributed by atoms with Crippen molar-refractivity contribution in [1.29, 1.82) is 0 Å². The summed E-state index contributed by atoms with van der Waals surface area (Å²) in [6.45, 7) is 10.7. The number of nitrogens with zero attached hydrogens (tertiary/aromatic N) is 2. The molecule has 5 heteroatoms. The van der Waals surface area contributed by atoms with Gasteiger partial charge in [0, 0.05) is 27.2 Å². The van der Waals surface area contributed by atoms with Crippen LogP contribution in [-0.2, 0) is 0 Å². The zero-order chi connectivity index (χ0) is 13.3. The molecule has 0 bridgehead atoms. The number of hydrogen-bond acceptors (Lipinski definition) is 5. The Morgan fingerprint density at radius 3 is 2.44 bits per heavy atom. The average Bonchev–Trinajstić information content (AvgIpc) is 2.85. The first-order valence-electron chi connectivity index (χ1n) is 6.14. The van der Waals surface area contributed by atoms with E-state index in [9.17, 15) is 0 Å². The highest BCUT2D eigenvalue weighted by Gasteiger charge is 2.14. The highest BCUT2D eigenvalue weighted by molar-refractivity contribution is 7.12. The van der Waals surface area contributed by atoms with Gasteiger partial charge in [0.15, 0.2) is 0 Å². The number of rotatable bonds is 4. The van der Waals surface area contributed by atoms with Crippen LogP contribution in [0.5, 0.6) is 0 Å². The molecule has 98 valence electrons. The lowest BCUT2D eigenvalue weighted by atomic mass is 10.1. The van der Waals surface area contributed by atoms with Crippen molar-refractivity contribution in [2.45, 2.75) is 46.6 Å². The maximum absolute atomic E-state index is 4.51. The summed E-state index contributed by atoms with van der Waals surface area (Å²) >= 11 is 3.29. The van der Waals surface area contributed by atoms with Crippen molar-refractivity contribution in [3.05, 3.63) is 27.2 Å². The van der Waals surface area contributed by atoms with Crippen molar-refractivity contribution in [2.24, 2.45) is 0 Å². The first kappa shape index (κ1) is 13.5. The molecule has 0 fully saturated rings. The summed E-state index contributed by atoms with van der Waals surface area (Å²) in [5, 5.41) is 4.35. The van der Waals surface area contributed by atoms with E-state index in [1.807, 2.05) is 11.3 Å². The molecule has 2 heterocycles. The second-order valence-electron chi connectivity index (χ2n) is 4.85. The summed E-state index contributed by atoms with van der Waals surface area (Å²) in [5.74, 6) is 1.31. The van der Waals surface area contributed by atoms with Crippen LogP contribution in [0.1, 0.15) is 53.9 Å². The van der Waals surface area contributed by atoms with Gasteiger partial charge in [0.1, 0.15) is 5.82 Å². The molecule has 0 aliphatic heterocycles. The van der Waals surface area contributed by atoms with Crippen molar-refractivity contribution in [3.63, 3.8) is 0 Å². The minimum absolute atomic E-state index is 0.280. The number of nitrogens with one attached hydrogen (secondary N) is 1. The molecule has 0 radical (unpaired) electrons. The maximum atomic E-state index is 4.51. The lowest BCUT2D eigenvalue weighted by molar-refractivity contribution is 0.795. The molecule has 0 aromatic carbocycles. The lowest BCUT2D eigenvalue weighted by Gasteiger charge is -2.12. The van der Waals surface area contributed by atoms with Gasteiger partial charge >= 0.3 is 0 Å². The molecule has 18 heavy (non-hydrogen) atoms. The van der Waals surface area contributed by atoms with Crippen LogP contribution in [0, 0.1) is 13.8 Å². The molecule has 0 aliphatic rings. The Labute approximate surface area is 116 Å². The molecule has 0 saturated carbocycles. The van der Waals surface area contributed by atoms with E-state index in [0.29, 0.717) is 5.92 Å². The summed E-state index contributed by atoms with van der Waals surface area (Å²) < 4.78 is 4.36. The number of anilines is 1. The molecule has 3 nitrogen and oxygen atoms in total. The normalized spacial score (nSPS) is 13.0. The van der Waals surface area contributed by atoms with Crippen molar-refractivity contribution < 1.29 is 0 Å². The van der Waals surface area contributed by atoms with Crippen molar-refractivity contribution >= 4 is 28.0 Å². The van der Waals surface area contributed by atoms with Crippen LogP contribution in [0.3, 0.4) is 0 Å². The van der Waals surface area contributed by atoms with Crippen molar-refractivity contribution in [1.82, 2.24) is 9.36 Å². The van der Waals surface area contributed by atoms with E-state index < -0.39 is 0 Å². The Morgan fingerprint density at radius 1 is 1.22 bits per heavy atom. The third-order valence-corrected chi connectivity index (χ3v) is 4.49. The molecule has 1 atom stereocenters. The summed E-state index contributed by atoms with van der Waals surface area (Å²) in [6.07, 6.45) is 0. The van der Waals surface area contributed by atoms with E-state index >= 15 is 0 Å². The van der Waals surface area contributed by atoms with Gasteiger partial charge in [-0.05, 0) is 32.4 Å². The van der Waals surface area contributed by atoms with Gasteiger partial charge < -0.3 is 5.32 Å². The lowest BCUT2D eigenvalue weighted by Crippen LogP contribution is -2.06. The SMILES string of the molecule is Cc1cc(C(C)Nc2nc(C(C)C)ns2)c(C)s1. The zero-order valence-corrected chi connectivity index (χ0v) is 13.1. The molecule has 0 aliphatic carbocycles. The van der Waals surface area contributed by atoms with Crippen LogP contribution in [0.25, 0.3) is 0 Å². The third-order valence-electron chi connectivity index (χ3n) is 2.84. The molecular weight excluding hydrogens is 262 g/mol. The maximum Gasteiger partial charge on any atom is 0.203 e. The molecule has 0 saturated heterocycles. The van der Waals surface area contributed by atoms with E-state index in [0.717, 1.165) is 11.0 Å². The smallest absolute Gasteiger partial charge is 0.203 e. The number of hydrogen-bond donors (Lipinski definition) is 1. The average molecular weight is 281 g/mol. The van der Waals surface area contributed by atoms with E-state index in [-0.39, 0.29) is 6.04 Å². The summed E-state index contributed by atoms with van der Waals surface area (Å²) in [4.78, 5) is 7.25. The fourth-order valence-electron chi connectivity index (χ4n) is 1.87. The highest BCUT2D eigenvalue weighted by atomic mass is 32.1. The Morgan fingerprint density at radius 2 is 1.94 bits per heavy atom. The molecule has 0 spiro atoms. The fraction of sp³-hybridized carbons (Fsp3) is 0.538.